The molecule has 33 heavy (non-hydrogen) atoms. The quantitative estimate of drug-likeness (QED) is 0.343. The van der Waals surface area contributed by atoms with E-state index in [0.29, 0.717) is 23.5 Å². The van der Waals surface area contributed by atoms with Gasteiger partial charge in [0.15, 0.2) is 0 Å². The number of carbonyl (C=O) groups excluding carboxylic acids is 2. The number of aromatic nitrogens is 3. The molecule has 0 aliphatic heterocycles. The van der Waals surface area contributed by atoms with Crippen molar-refractivity contribution in [1.29, 1.82) is 0 Å². The number of ether oxygens (including phenoxy) is 2. The van der Waals surface area contributed by atoms with Crippen molar-refractivity contribution in [3.63, 3.8) is 0 Å². The smallest absolute Gasteiger partial charge is 0.419 e. The van der Waals surface area contributed by atoms with Crippen LogP contribution in [0.25, 0.3) is 22.3 Å². The number of hydrogen-bond acceptors (Lipinski definition) is 7. The van der Waals surface area contributed by atoms with Crippen molar-refractivity contribution >= 4 is 34.7 Å². The van der Waals surface area contributed by atoms with Crippen LogP contribution in [0.3, 0.4) is 0 Å². The Kier molecular flexibility index (Phi) is 7.17. The maximum Gasteiger partial charge on any atom is 0.419 e. The summed E-state index contributed by atoms with van der Waals surface area (Å²) in [5.41, 5.74) is 2.02. The number of fused-ring (bicyclic) bond motifs is 1. The molecule has 7 nitrogen and oxygen atoms in total. The van der Waals surface area contributed by atoms with E-state index in [0.717, 1.165) is 16.0 Å². The van der Waals surface area contributed by atoms with Crippen LogP contribution in [0.15, 0.2) is 41.6 Å². The van der Waals surface area contributed by atoms with Gasteiger partial charge in [-0.2, -0.15) is 0 Å². The Bertz CT molecular complexity index is 1170. The molecule has 2 heterocycles. The van der Waals surface area contributed by atoms with Crippen LogP contribution in [-0.2, 0) is 19.7 Å². The fourth-order valence-electron chi connectivity index (χ4n) is 3.23. The Morgan fingerprint density at radius 1 is 1.03 bits per heavy atom. The van der Waals surface area contributed by atoms with Crippen LogP contribution in [0.2, 0.25) is 0 Å². The Labute approximate surface area is 198 Å². The van der Waals surface area contributed by atoms with Crippen molar-refractivity contribution < 1.29 is 19.1 Å². The summed E-state index contributed by atoms with van der Waals surface area (Å²) in [5.74, 6) is -0.0369. The predicted octanol–water partition coefficient (Wildman–Crippen LogP) is 5.83. The SMILES string of the molecule is CCOC(=O)CSc1ccc2c(c1)cc(-c1cc(C(C)(C)C)ncn1)n2C(=O)OC(C)(C)C. The fourth-order valence-corrected chi connectivity index (χ4v) is 3.97. The topological polar surface area (TPSA) is 83.3 Å². The summed E-state index contributed by atoms with van der Waals surface area (Å²) in [7, 11) is 0. The number of thioether (sulfide) groups is 1. The predicted molar refractivity (Wildman–Crippen MR) is 131 cm³/mol. The minimum Gasteiger partial charge on any atom is -0.465 e. The van der Waals surface area contributed by atoms with Gasteiger partial charge in [0, 0.05) is 21.4 Å². The molecule has 0 bridgehead atoms. The lowest BCUT2D eigenvalue weighted by Gasteiger charge is -2.21. The van der Waals surface area contributed by atoms with Gasteiger partial charge >= 0.3 is 12.1 Å². The third kappa shape index (κ3) is 6.13. The van der Waals surface area contributed by atoms with Gasteiger partial charge in [-0.15, -0.1) is 11.8 Å². The van der Waals surface area contributed by atoms with E-state index in [1.54, 1.807) is 11.5 Å². The van der Waals surface area contributed by atoms with Gasteiger partial charge in [-0.25, -0.2) is 19.3 Å². The van der Waals surface area contributed by atoms with Crippen LogP contribution >= 0.6 is 11.8 Å². The summed E-state index contributed by atoms with van der Waals surface area (Å²) in [6, 6.07) is 9.53. The summed E-state index contributed by atoms with van der Waals surface area (Å²) in [6.07, 6.45) is 1.04. The van der Waals surface area contributed by atoms with Crippen LogP contribution in [-0.4, -0.2) is 44.6 Å². The van der Waals surface area contributed by atoms with Gasteiger partial charge in [0.25, 0.3) is 0 Å². The number of carbonyl (C=O) groups is 2. The lowest BCUT2D eigenvalue weighted by atomic mass is 9.91. The largest absolute Gasteiger partial charge is 0.465 e. The zero-order valence-corrected chi connectivity index (χ0v) is 21.1. The summed E-state index contributed by atoms with van der Waals surface area (Å²) in [4.78, 5) is 34.7. The molecule has 0 unspecified atom stereocenters. The number of esters is 1. The Morgan fingerprint density at radius 2 is 1.76 bits per heavy atom. The van der Waals surface area contributed by atoms with Gasteiger partial charge in [-0.3, -0.25) is 4.79 Å². The third-order valence-corrected chi connectivity index (χ3v) is 5.68. The minimum atomic E-state index is -0.650. The highest BCUT2D eigenvalue weighted by molar-refractivity contribution is 8.00. The molecule has 0 fully saturated rings. The van der Waals surface area contributed by atoms with E-state index in [1.165, 1.54) is 18.1 Å². The van der Waals surface area contributed by atoms with E-state index in [1.807, 2.05) is 51.1 Å². The number of hydrogen-bond donors (Lipinski definition) is 0. The molecule has 0 saturated carbocycles. The molecule has 0 aliphatic carbocycles. The molecule has 0 aliphatic rings. The molecule has 3 rings (SSSR count). The van der Waals surface area contributed by atoms with Crippen LogP contribution in [0.4, 0.5) is 4.79 Å². The maximum atomic E-state index is 13.2. The standard InChI is InChI=1S/C25H31N3O4S/c1-8-31-22(29)14-33-17-9-10-19-16(11-17)12-20(28(19)23(30)32-25(5,6)7)18-13-21(24(2,3)4)27-15-26-18/h9-13,15H,8,14H2,1-7H3. The molecule has 0 amide bonds. The van der Waals surface area contributed by atoms with Gasteiger partial charge < -0.3 is 9.47 Å². The van der Waals surface area contributed by atoms with Crippen LogP contribution in [0.1, 0.15) is 54.2 Å². The lowest BCUT2D eigenvalue weighted by Crippen LogP contribution is -2.27. The second-order valence-electron chi connectivity index (χ2n) is 9.70. The third-order valence-electron chi connectivity index (χ3n) is 4.71. The summed E-state index contributed by atoms with van der Waals surface area (Å²) in [6.45, 7) is 13.9. The monoisotopic (exact) mass is 469 g/mol. The number of benzene rings is 1. The molecular weight excluding hydrogens is 438 g/mol. The normalized spacial score (nSPS) is 12.1. The first kappa shape index (κ1) is 24.8. The fraction of sp³-hybridized carbons (Fsp3) is 0.440. The Morgan fingerprint density at radius 3 is 2.39 bits per heavy atom. The van der Waals surface area contributed by atoms with E-state index in [-0.39, 0.29) is 17.1 Å². The Hall–Kier alpha value is -2.87. The van der Waals surface area contributed by atoms with E-state index in [2.05, 4.69) is 30.7 Å². The second-order valence-corrected chi connectivity index (χ2v) is 10.7. The molecule has 3 aromatic rings. The average Bonchev–Trinajstić information content (AvgIpc) is 3.10. The average molecular weight is 470 g/mol. The van der Waals surface area contributed by atoms with Crippen molar-refractivity contribution in [2.75, 3.05) is 12.4 Å². The maximum absolute atomic E-state index is 13.2. The molecule has 1 aromatic carbocycles. The first-order valence-electron chi connectivity index (χ1n) is 10.9. The highest BCUT2D eigenvalue weighted by atomic mass is 32.2. The molecule has 176 valence electrons. The first-order valence-corrected chi connectivity index (χ1v) is 11.9. The second kappa shape index (κ2) is 9.55. The summed E-state index contributed by atoms with van der Waals surface area (Å²) >= 11 is 1.39. The van der Waals surface area contributed by atoms with Gasteiger partial charge in [-0.1, -0.05) is 20.8 Å². The van der Waals surface area contributed by atoms with E-state index >= 15 is 0 Å². The molecule has 0 saturated heterocycles. The van der Waals surface area contributed by atoms with Gasteiger partial charge in [0.05, 0.1) is 29.3 Å². The van der Waals surface area contributed by atoms with Crippen LogP contribution in [0, 0.1) is 0 Å². The van der Waals surface area contributed by atoms with Crippen molar-refractivity contribution in [3.05, 3.63) is 42.4 Å². The van der Waals surface area contributed by atoms with Crippen molar-refractivity contribution in [2.24, 2.45) is 0 Å². The highest BCUT2D eigenvalue weighted by Gasteiger charge is 2.25. The molecule has 2 aromatic heterocycles. The summed E-state index contributed by atoms with van der Waals surface area (Å²) in [5, 5.41) is 0.848. The minimum absolute atomic E-state index is 0.169. The number of nitrogens with zero attached hydrogens (tertiary/aromatic N) is 3. The van der Waals surface area contributed by atoms with E-state index < -0.39 is 11.7 Å². The first-order chi connectivity index (χ1) is 15.4. The van der Waals surface area contributed by atoms with Crippen molar-refractivity contribution in [1.82, 2.24) is 14.5 Å². The molecule has 0 N–H and O–H groups in total. The number of rotatable bonds is 5. The van der Waals surface area contributed by atoms with Crippen LogP contribution < -0.4 is 0 Å². The van der Waals surface area contributed by atoms with Gasteiger partial charge in [-0.05, 0) is 58.0 Å². The Balaban J connectivity index is 2.10. The van der Waals surface area contributed by atoms with Crippen molar-refractivity contribution in [3.8, 4) is 11.4 Å². The van der Waals surface area contributed by atoms with Gasteiger partial charge in [0.1, 0.15) is 11.9 Å². The molecule has 0 atom stereocenters. The van der Waals surface area contributed by atoms with E-state index in [4.69, 9.17) is 9.47 Å². The van der Waals surface area contributed by atoms with Crippen molar-refractivity contribution in [2.45, 2.75) is 64.4 Å². The molecular formula is C25H31N3O4S. The van der Waals surface area contributed by atoms with Crippen LogP contribution in [0.5, 0.6) is 0 Å². The van der Waals surface area contributed by atoms with Gasteiger partial charge in [0.2, 0.25) is 0 Å². The molecule has 8 heteroatoms. The lowest BCUT2D eigenvalue weighted by molar-refractivity contribution is -0.139. The highest BCUT2D eigenvalue weighted by Crippen LogP contribution is 2.32. The zero-order chi connectivity index (χ0) is 24.4. The summed E-state index contributed by atoms with van der Waals surface area (Å²) < 4.78 is 12.3. The van der Waals surface area contributed by atoms with E-state index in [9.17, 15) is 9.59 Å². The molecule has 0 radical (unpaired) electrons. The zero-order valence-electron chi connectivity index (χ0n) is 20.3. The molecule has 0 spiro atoms.